The van der Waals surface area contributed by atoms with Gasteiger partial charge in [-0.15, -0.1) is 0 Å². The molecule has 1 aliphatic heterocycles. The SMILES string of the molecule is [O-][NH+]1CNCc2ccccc21. The van der Waals surface area contributed by atoms with Crippen molar-refractivity contribution in [3.63, 3.8) is 0 Å². The van der Waals surface area contributed by atoms with Crippen LogP contribution in [0.1, 0.15) is 5.56 Å². The van der Waals surface area contributed by atoms with Crippen molar-refractivity contribution < 1.29 is 5.06 Å². The zero-order valence-corrected chi connectivity index (χ0v) is 6.13. The minimum absolute atomic E-state index is 0.201. The first-order valence-electron chi connectivity index (χ1n) is 3.70. The normalized spacial score (nSPS) is 22.8. The standard InChI is InChI=1S/C8H10N2O/c11-10-6-9-5-7-3-1-2-4-8(7)10/h1-4,9-10H,5-6H2. The van der Waals surface area contributed by atoms with Gasteiger partial charge >= 0.3 is 0 Å². The molecule has 3 nitrogen and oxygen atoms in total. The lowest BCUT2D eigenvalue weighted by Crippen LogP contribution is -3.05. The molecule has 0 radical (unpaired) electrons. The topological polar surface area (TPSA) is 39.5 Å². The Morgan fingerprint density at radius 3 is 3.00 bits per heavy atom. The summed E-state index contributed by atoms with van der Waals surface area (Å²) in [5.74, 6) is 0. The maximum atomic E-state index is 11.2. The molecule has 0 spiro atoms. The third-order valence-electron chi connectivity index (χ3n) is 1.92. The lowest BCUT2D eigenvalue weighted by atomic mass is 10.1. The Kier molecular flexibility index (Phi) is 1.62. The predicted octanol–water partition coefficient (Wildman–Crippen LogP) is -0.238. The molecule has 0 bridgehead atoms. The van der Waals surface area contributed by atoms with E-state index in [9.17, 15) is 5.21 Å². The fraction of sp³-hybridized carbons (Fsp3) is 0.250. The van der Waals surface area contributed by atoms with Crippen LogP contribution in [0.25, 0.3) is 0 Å². The quantitative estimate of drug-likeness (QED) is 0.501. The predicted molar refractivity (Wildman–Crippen MR) is 42.1 cm³/mol. The second-order valence-electron chi connectivity index (χ2n) is 2.68. The van der Waals surface area contributed by atoms with Gasteiger partial charge in [-0.2, -0.15) is 0 Å². The van der Waals surface area contributed by atoms with E-state index in [0.29, 0.717) is 6.67 Å². The molecule has 1 aromatic carbocycles. The minimum Gasteiger partial charge on any atom is -0.628 e. The minimum atomic E-state index is 0.201. The molecule has 1 atom stereocenters. The van der Waals surface area contributed by atoms with Crippen molar-refractivity contribution in [3.05, 3.63) is 35.0 Å². The highest BCUT2D eigenvalue weighted by molar-refractivity contribution is 5.40. The Labute approximate surface area is 65.2 Å². The van der Waals surface area contributed by atoms with Gasteiger partial charge in [-0.3, -0.25) is 5.32 Å². The molecule has 1 heterocycles. The van der Waals surface area contributed by atoms with E-state index < -0.39 is 0 Å². The molecule has 1 aliphatic rings. The summed E-state index contributed by atoms with van der Waals surface area (Å²) >= 11 is 0. The van der Waals surface area contributed by atoms with E-state index in [4.69, 9.17) is 0 Å². The molecule has 0 aliphatic carbocycles. The maximum Gasteiger partial charge on any atom is 0.136 e. The van der Waals surface area contributed by atoms with Gasteiger partial charge in [-0.1, -0.05) is 18.2 Å². The summed E-state index contributed by atoms with van der Waals surface area (Å²) in [5.41, 5.74) is 2.00. The number of quaternary nitrogens is 1. The average Bonchev–Trinajstić information content (AvgIpc) is 2.06. The number of hydrogen-bond acceptors (Lipinski definition) is 2. The third kappa shape index (κ3) is 1.14. The average molecular weight is 150 g/mol. The molecule has 1 unspecified atom stereocenters. The van der Waals surface area contributed by atoms with E-state index in [1.54, 1.807) is 0 Å². The fourth-order valence-electron chi connectivity index (χ4n) is 1.35. The van der Waals surface area contributed by atoms with Gasteiger partial charge in [-0.25, -0.2) is 0 Å². The monoisotopic (exact) mass is 150 g/mol. The summed E-state index contributed by atoms with van der Waals surface area (Å²) in [6.07, 6.45) is 0. The molecule has 2 N–H and O–H groups in total. The van der Waals surface area contributed by atoms with Gasteiger partial charge in [0, 0.05) is 12.1 Å². The van der Waals surface area contributed by atoms with Crippen LogP contribution in [0.3, 0.4) is 0 Å². The van der Waals surface area contributed by atoms with Crippen LogP contribution >= 0.6 is 0 Å². The van der Waals surface area contributed by atoms with Crippen molar-refractivity contribution >= 4 is 5.69 Å². The first kappa shape index (κ1) is 6.79. The Bertz CT molecular complexity index is 262. The molecular weight excluding hydrogens is 140 g/mol. The maximum absolute atomic E-state index is 11.2. The van der Waals surface area contributed by atoms with Crippen LogP contribution in [0.5, 0.6) is 0 Å². The van der Waals surface area contributed by atoms with E-state index in [1.807, 2.05) is 24.3 Å². The Balaban J connectivity index is 2.44. The van der Waals surface area contributed by atoms with E-state index in [-0.39, 0.29) is 5.06 Å². The molecule has 0 fully saturated rings. The zero-order chi connectivity index (χ0) is 7.68. The highest BCUT2D eigenvalue weighted by Gasteiger charge is 2.12. The molecular formula is C8H10N2O. The van der Waals surface area contributed by atoms with Crippen LogP contribution in [0, 0.1) is 5.21 Å². The number of benzene rings is 1. The second-order valence-corrected chi connectivity index (χ2v) is 2.68. The van der Waals surface area contributed by atoms with E-state index in [2.05, 4.69) is 5.32 Å². The molecule has 2 rings (SSSR count). The number of nitrogens with one attached hydrogen (secondary N) is 2. The molecule has 0 saturated heterocycles. The number of hydroxylamine groups is 1. The number of hydrogen-bond donors (Lipinski definition) is 2. The van der Waals surface area contributed by atoms with Crippen molar-refractivity contribution in [2.75, 3.05) is 6.67 Å². The van der Waals surface area contributed by atoms with Gasteiger partial charge in [-0.05, 0) is 6.07 Å². The van der Waals surface area contributed by atoms with E-state index in [0.717, 1.165) is 17.8 Å². The molecule has 58 valence electrons. The van der Waals surface area contributed by atoms with Gasteiger partial charge in [0.05, 0.1) is 0 Å². The van der Waals surface area contributed by atoms with Crippen molar-refractivity contribution in [2.45, 2.75) is 6.54 Å². The van der Waals surface area contributed by atoms with Gasteiger partial charge in [0.1, 0.15) is 12.4 Å². The van der Waals surface area contributed by atoms with Crippen LogP contribution in [-0.4, -0.2) is 6.67 Å². The third-order valence-corrected chi connectivity index (χ3v) is 1.92. The van der Waals surface area contributed by atoms with Crippen molar-refractivity contribution in [3.8, 4) is 0 Å². The van der Waals surface area contributed by atoms with Crippen LogP contribution < -0.4 is 10.4 Å². The van der Waals surface area contributed by atoms with Crippen molar-refractivity contribution in [2.24, 2.45) is 0 Å². The Morgan fingerprint density at radius 1 is 1.36 bits per heavy atom. The smallest absolute Gasteiger partial charge is 0.136 e. The summed E-state index contributed by atoms with van der Waals surface area (Å²) < 4.78 is 0. The molecule has 0 saturated carbocycles. The lowest BCUT2D eigenvalue weighted by Gasteiger charge is -2.28. The van der Waals surface area contributed by atoms with Crippen molar-refractivity contribution in [1.29, 1.82) is 0 Å². The molecule has 0 aromatic heterocycles. The summed E-state index contributed by atoms with van der Waals surface area (Å²) in [6.45, 7) is 1.30. The van der Waals surface area contributed by atoms with Gasteiger partial charge in [0.25, 0.3) is 0 Å². The summed E-state index contributed by atoms with van der Waals surface area (Å²) in [6, 6.07) is 7.74. The fourth-order valence-corrected chi connectivity index (χ4v) is 1.35. The van der Waals surface area contributed by atoms with Gasteiger partial charge in [0.15, 0.2) is 0 Å². The summed E-state index contributed by atoms with van der Waals surface area (Å²) in [7, 11) is 0. The first-order valence-corrected chi connectivity index (χ1v) is 3.70. The van der Waals surface area contributed by atoms with Gasteiger partial charge < -0.3 is 10.3 Å². The summed E-state index contributed by atoms with van der Waals surface area (Å²) in [4.78, 5) is 0. The zero-order valence-electron chi connectivity index (χ0n) is 6.13. The highest BCUT2D eigenvalue weighted by atomic mass is 16.5. The summed E-state index contributed by atoms with van der Waals surface area (Å²) in [5, 5.41) is 14.5. The first-order chi connectivity index (χ1) is 5.38. The Hall–Kier alpha value is -0.900. The molecule has 0 amide bonds. The number of rotatable bonds is 0. The number of fused-ring (bicyclic) bond motifs is 1. The molecule has 1 aromatic rings. The molecule has 11 heavy (non-hydrogen) atoms. The van der Waals surface area contributed by atoms with Crippen LogP contribution in [0.15, 0.2) is 24.3 Å². The van der Waals surface area contributed by atoms with Crippen LogP contribution in [0.4, 0.5) is 5.69 Å². The van der Waals surface area contributed by atoms with Gasteiger partial charge in [0.2, 0.25) is 0 Å². The van der Waals surface area contributed by atoms with Crippen molar-refractivity contribution in [1.82, 2.24) is 5.32 Å². The number of para-hydroxylation sites is 1. The highest BCUT2D eigenvalue weighted by Crippen LogP contribution is 2.11. The van der Waals surface area contributed by atoms with E-state index in [1.165, 1.54) is 0 Å². The largest absolute Gasteiger partial charge is 0.628 e. The van der Waals surface area contributed by atoms with Crippen LogP contribution in [0.2, 0.25) is 0 Å². The Morgan fingerprint density at radius 2 is 2.18 bits per heavy atom. The van der Waals surface area contributed by atoms with Crippen LogP contribution in [-0.2, 0) is 6.54 Å². The van der Waals surface area contributed by atoms with E-state index >= 15 is 0 Å². The molecule has 3 heteroatoms. The second kappa shape index (κ2) is 2.62. The lowest BCUT2D eigenvalue weighted by molar-refractivity contribution is -0.783.